The quantitative estimate of drug-likeness (QED) is 0.748. The molecular formula is C20H23N5O2. The molecule has 0 spiro atoms. The van der Waals surface area contributed by atoms with Gasteiger partial charge in [0.25, 0.3) is 11.8 Å². The van der Waals surface area contributed by atoms with Gasteiger partial charge in [0.1, 0.15) is 5.82 Å². The van der Waals surface area contributed by atoms with Gasteiger partial charge in [-0.15, -0.1) is 0 Å². The van der Waals surface area contributed by atoms with E-state index in [1.807, 2.05) is 23.1 Å². The molecule has 0 saturated carbocycles. The summed E-state index contributed by atoms with van der Waals surface area (Å²) in [6, 6.07) is 7.35. The summed E-state index contributed by atoms with van der Waals surface area (Å²) in [5.41, 5.74) is 3.05. The average Bonchev–Trinajstić information content (AvgIpc) is 3.36. The standard InChI is InChI=1S/C20H23N5O2/c1-13(2)18-22-16-4-3-14(11-17(16)23-18)19(26)24-7-9-25(10-8-24)20(27)15-5-6-21-12-15/h3-6,11-13,21H,7-10H2,1-2H3,(H,22,23). The minimum atomic E-state index is -0.00802. The molecule has 0 unspecified atom stereocenters. The van der Waals surface area contributed by atoms with Crippen LogP contribution in [0.3, 0.4) is 0 Å². The van der Waals surface area contributed by atoms with Crippen LogP contribution in [0.4, 0.5) is 0 Å². The fraction of sp³-hybridized carbons (Fsp3) is 0.350. The van der Waals surface area contributed by atoms with Gasteiger partial charge in [0.2, 0.25) is 0 Å². The molecule has 0 bridgehead atoms. The fourth-order valence-electron chi connectivity index (χ4n) is 3.37. The molecule has 7 heteroatoms. The predicted octanol–water partition coefficient (Wildman–Crippen LogP) is 2.61. The van der Waals surface area contributed by atoms with Crippen LogP contribution >= 0.6 is 0 Å². The number of imidazole rings is 1. The number of aromatic amines is 2. The molecule has 0 atom stereocenters. The first kappa shape index (κ1) is 17.3. The molecule has 0 aliphatic carbocycles. The van der Waals surface area contributed by atoms with Crippen molar-refractivity contribution in [1.82, 2.24) is 24.8 Å². The first-order chi connectivity index (χ1) is 13.0. The summed E-state index contributed by atoms with van der Waals surface area (Å²) in [6.07, 6.45) is 3.44. The lowest BCUT2D eigenvalue weighted by Crippen LogP contribution is -2.50. The summed E-state index contributed by atoms with van der Waals surface area (Å²) in [4.78, 5) is 39.6. The molecule has 1 saturated heterocycles. The van der Waals surface area contributed by atoms with E-state index < -0.39 is 0 Å². The van der Waals surface area contributed by atoms with Crippen LogP contribution in [-0.4, -0.2) is 62.7 Å². The van der Waals surface area contributed by atoms with Crippen LogP contribution < -0.4 is 0 Å². The van der Waals surface area contributed by atoms with Gasteiger partial charge in [-0.3, -0.25) is 9.59 Å². The fourth-order valence-corrected chi connectivity index (χ4v) is 3.37. The molecule has 1 fully saturated rings. The van der Waals surface area contributed by atoms with Crippen LogP contribution in [0.15, 0.2) is 36.7 Å². The highest BCUT2D eigenvalue weighted by Crippen LogP contribution is 2.20. The summed E-state index contributed by atoms with van der Waals surface area (Å²) >= 11 is 0. The smallest absolute Gasteiger partial charge is 0.255 e. The minimum Gasteiger partial charge on any atom is -0.367 e. The van der Waals surface area contributed by atoms with E-state index >= 15 is 0 Å². The molecule has 1 aliphatic heterocycles. The maximum atomic E-state index is 12.9. The summed E-state index contributed by atoms with van der Waals surface area (Å²) in [6.45, 7) is 6.32. The molecule has 0 radical (unpaired) electrons. The Kier molecular flexibility index (Phi) is 4.43. The molecule has 1 aliphatic rings. The van der Waals surface area contributed by atoms with Crippen molar-refractivity contribution in [3.8, 4) is 0 Å². The van der Waals surface area contributed by atoms with E-state index in [-0.39, 0.29) is 11.8 Å². The third-order valence-electron chi connectivity index (χ3n) is 4.99. The maximum Gasteiger partial charge on any atom is 0.255 e. The number of fused-ring (bicyclic) bond motifs is 1. The van der Waals surface area contributed by atoms with Crippen molar-refractivity contribution in [2.75, 3.05) is 26.2 Å². The number of amides is 2. The third kappa shape index (κ3) is 3.32. The second kappa shape index (κ2) is 6.90. The second-order valence-electron chi connectivity index (χ2n) is 7.19. The van der Waals surface area contributed by atoms with Crippen molar-refractivity contribution < 1.29 is 9.59 Å². The lowest BCUT2D eigenvalue weighted by molar-refractivity contribution is 0.0535. The number of nitrogens with zero attached hydrogens (tertiary/aromatic N) is 3. The zero-order valence-electron chi connectivity index (χ0n) is 15.5. The molecule has 3 aromatic rings. The van der Waals surface area contributed by atoms with Gasteiger partial charge in [-0.1, -0.05) is 13.8 Å². The molecule has 27 heavy (non-hydrogen) atoms. The SMILES string of the molecule is CC(C)c1nc2ccc(C(=O)N3CCN(C(=O)c4cc[nH]c4)CC3)cc2[nH]1. The molecule has 7 nitrogen and oxygen atoms in total. The molecule has 2 N–H and O–H groups in total. The van der Waals surface area contributed by atoms with Crippen molar-refractivity contribution in [1.29, 1.82) is 0 Å². The molecule has 2 amide bonds. The highest BCUT2D eigenvalue weighted by atomic mass is 16.2. The Hall–Kier alpha value is -3.09. The normalized spacial score (nSPS) is 14.9. The van der Waals surface area contributed by atoms with Crippen molar-refractivity contribution in [3.05, 3.63) is 53.6 Å². The number of carbonyl (C=O) groups excluding carboxylic acids is 2. The number of piperazine rings is 1. The van der Waals surface area contributed by atoms with Crippen molar-refractivity contribution >= 4 is 22.8 Å². The maximum absolute atomic E-state index is 12.9. The van der Waals surface area contributed by atoms with Crippen molar-refractivity contribution in [2.45, 2.75) is 19.8 Å². The molecule has 140 valence electrons. The number of nitrogens with one attached hydrogen (secondary N) is 2. The van der Waals surface area contributed by atoms with Gasteiger partial charge in [0.05, 0.1) is 16.6 Å². The van der Waals surface area contributed by atoms with E-state index in [1.165, 1.54) is 0 Å². The van der Waals surface area contributed by atoms with Crippen LogP contribution in [0, 0.1) is 0 Å². The summed E-state index contributed by atoms with van der Waals surface area (Å²) in [5, 5.41) is 0. The van der Waals surface area contributed by atoms with Crippen LogP contribution in [0.5, 0.6) is 0 Å². The number of benzene rings is 1. The Morgan fingerprint density at radius 1 is 1.00 bits per heavy atom. The van der Waals surface area contributed by atoms with Gasteiger partial charge in [-0.05, 0) is 24.3 Å². The van der Waals surface area contributed by atoms with Crippen LogP contribution in [0.1, 0.15) is 46.3 Å². The van der Waals surface area contributed by atoms with Gasteiger partial charge in [0.15, 0.2) is 0 Å². The Balaban J connectivity index is 1.44. The van der Waals surface area contributed by atoms with E-state index in [0.29, 0.717) is 43.2 Å². The van der Waals surface area contributed by atoms with Crippen LogP contribution in [0.2, 0.25) is 0 Å². The van der Waals surface area contributed by atoms with Gasteiger partial charge in [-0.25, -0.2) is 4.98 Å². The number of carbonyl (C=O) groups is 2. The highest BCUT2D eigenvalue weighted by Gasteiger charge is 2.26. The third-order valence-corrected chi connectivity index (χ3v) is 4.99. The van der Waals surface area contributed by atoms with Crippen molar-refractivity contribution in [3.63, 3.8) is 0 Å². The van der Waals surface area contributed by atoms with Gasteiger partial charge < -0.3 is 19.8 Å². The molecule has 2 aromatic heterocycles. The number of aromatic nitrogens is 3. The zero-order valence-corrected chi connectivity index (χ0v) is 15.5. The van der Waals surface area contributed by atoms with E-state index in [0.717, 1.165) is 16.9 Å². The number of rotatable bonds is 3. The molecule has 4 rings (SSSR count). The number of hydrogen-bond donors (Lipinski definition) is 2. The first-order valence-electron chi connectivity index (χ1n) is 9.24. The number of H-pyrrole nitrogens is 2. The Bertz CT molecular complexity index is 966. The van der Waals surface area contributed by atoms with Crippen LogP contribution in [0.25, 0.3) is 11.0 Å². The van der Waals surface area contributed by atoms with E-state index in [1.54, 1.807) is 23.4 Å². The summed E-state index contributed by atoms with van der Waals surface area (Å²) in [7, 11) is 0. The van der Waals surface area contributed by atoms with E-state index in [9.17, 15) is 9.59 Å². The van der Waals surface area contributed by atoms with E-state index in [4.69, 9.17) is 0 Å². The van der Waals surface area contributed by atoms with Gasteiger partial charge in [0, 0.05) is 50.1 Å². The Morgan fingerprint density at radius 2 is 1.67 bits per heavy atom. The monoisotopic (exact) mass is 365 g/mol. The number of hydrogen-bond acceptors (Lipinski definition) is 3. The first-order valence-corrected chi connectivity index (χ1v) is 9.24. The predicted molar refractivity (Wildman–Crippen MR) is 103 cm³/mol. The topological polar surface area (TPSA) is 85.1 Å². The van der Waals surface area contributed by atoms with Gasteiger partial charge >= 0.3 is 0 Å². The molecule has 3 heterocycles. The lowest BCUT2D eigenvalue weighted by atomic mass is 10.1. The Labute approximate surface area is 157 Å². The average molecular weight is 365 g/mol. The highest BCUT2D eigenvalue weighted by molar-refractivity contribution is 5.98. The largest absolute Gasteiger partial charge is 0.367 e. The van der Waals surface area contributed by atoms with Crippen LogP contribution in [-0.2, 0) is 0 Å². The van der Waals surface area contributed by atoms with Crippen molar-refractivity contribution in [2.24, 2.45) is 0 Å². The summed E-state index contributed by atoms with van der Waals surface area (Å²) in [5.74, 6) is 1.23. The van der Waals surface area contributed by atoms with E-state index in [2.05, 4.69) is 28.8 Å². The Morgan fingerprint density at radius 3 is 2.26 bits per heavy atom. The zero-order chi connectivity index (χ0) is 19.0. The second-order valence-corrected chi connectivity index (χ2v) is 7.19. The molecule has 1 aromatic carbocycles. The van der Waals surface area contributed by atoms with Gasteiger partial charge in [-0.2, -0.15) is 0 Å². The minimum absolute atomic E-state index is 0.00319. The molecular weight excluding hydrogens is 342 g/mol. The lowest BCUT2D eigenvalue weighted by Gasteiger charge is -2.34. The summed E-state index contributed by atoms with van der Waals surface area (Å²) < 4.78 is 0.